The third-order valence-electron chi connectivity index (χ3n) is 8.43. The Labute approximate surface area is 212 Å². The molecule has 10 heteroatoms. The molecular weight excluding hydrogens is 468 g/mol. The van der Waals surface area contributed by atoms with Gasteiger partial charge in [0.25, 0.3) is 5.91 Å². The number of carbonyl (C=O) groups excluding carboxylic acids is 1. The van der Waals surface area contributed by atoms with Gasteiger partial charge in [-0.2, -0.15) is 5.10 Å². The summed E-state index contributed by atoms with van der Waals surface area (Å²) >= 11 is 0. The second-order valence-electron chi connectivity index (χ2n) is 10.8. The Bertz CT molecular complexity index is 1590. The highest BCUT2D eigenvalue weighted by atomic mass is 16.5. The molecule has 0 spiro atoms. The number of fused-ring (bicyclic) bond motifs is 9. The lowest BCUT2D eigenvalue weighted by atomic mass is 9.77. The second kappa shape index (κ2) is 7.32. The molecule has 0 aromatic carbocycles. The van der Waals surface area contributed by atoms with Crippen molar-refractivity contribution in [2.45, 2.75) is 62.1 Å². The van der Waals surface area contributed by atoms with Gasteiger partial charge in [-0.3, -0.25) is 4.79 Å². The first-order chi connectivity index (χ1) is 18.0. The maximum absolute atomic E-state index is 13.4. The van der Waals surface area contributed by atoms with Crippen LogP contribution in [0.1, 0.15) is 83.5 Å². The second-order valence-corrected chi connectivity index (χ2v) is 10.8. The van der Waals surface area contributed by atoms with E-state index in [-0.39, 0.29) is 24.0 Å². The zero-order valence-electron chi connectivity index (χ0n) is 20.5. The molecule has 2 N–H and O–H groups in total. The van der Waals surface area contributed by atoms with Crippen LogP contribution in [-0.4, -0.2) is 53.5 Å². The summed E-state index contributed by atoms with van der Waals surface area (Å²) in [6.07, 6.45) is 13.1. The average Bonchev–Trinajstić information content (AvgIpc) is 3.55. The summed E-state index contributed by atoms with van der Waals surface area (Å²) in [6.45, 7) is 0. The van der Waals surface area contributed by atoms with Crippen molar-refractivity contribution in [2.24, 2.45) is 5.73 Å². The molecule has 4 aliphatic rings. The van der Waals surface area contributed by atoms with Gasteiger partial charge in [0.05, 0.1) is 28.5 Å². The first-order valence-electron chi connectivity index (χ1n) is 12.9. The van der Waals surface area contributed by atoms with Crippen LogP contribution in [0.25, 0.3) is 16.9 Å². The largest absolute Gasteiger partial charge is 0.474 e. The van der Waals surface area contributed by atoms with E-state index in [1.165, 1.54) is 0 Å². The number of aromatic nitrogens is 6. The first-order valence-corrected chi connectivity index (χ1v) is 12.9. The highest BCUT2D eigenvalue weighted by Gasteiger charge is 2.47. The number of pyridine rings is 1. The molecule has 2 atom stereocenters. The summed E-state index contributed by atoms with van der Waals surface area (Å²) < 4.78 is 8.02. The molecular formula is C27H26N8O2. The van der Waals surface area contributed by atoms with Crippen molar-refractivity contribution in [2.75, 3.05) is 7.05 Å². The van der Waals surface area contributed by atoms with E-state index in [1.54, 1.807) is 23.5 Å². The molecule has 37 heavy (non-hydrogen) atoms. The molecule has 10 nitrogen and oxygen atoms in total. The third-order valence-corrected chi connectivity index (χ3v) is 8.43. The summed E-state index contributed by atoms with van der Waals surface area (Å²) in [6, 6.07) is 3.60. The van der Waals surface area contributed by atoms with Gasteiger partial charge in [-0.1, -0.05) is 0 Å². The minimum atomic E-state index is -0.399. The van der Waals surface area contributed by atoms with Crippen molar-refractivity contribution in [3.63, 3.8) is 0 Å². The molecule has 2 fully saturated rings. The molecule has 5 heterocycles. The predicted octanol–water partition coefficient (Wildman–Crippen LogP) is 3.12. The van der Waals surface area contributed by atoms with E-state index in [4.69, 9.17) is 20.6 Å². The van der Waals surface area contributed by atoms with Crippen LogP contribution in [0, 0.1) is 0 Å². The number of rotatable bonds is 4. The van der Waals surface area contributed by atoms with Crippen LogP contribution in [0.2, 0.25) is 0 Å². The fourth-order valence-electron chi connectivity index (χ4n) is 6.01. The zero-order chi connectivity index (χ0) is 24.9. The van der Waals surface area contributed by atoms with Crippen molar-refractivity contribution in [3.05, 3.63) is 65.1 Å². The fraction of sp³-hybridized carbons (Fsp3) is 0.407. The van der Waals surface area contributed by atoms with Crippen LogP contribution in [-0.2, 0) is 5.54 Å². The van der Waals surface area contributed by atoms with E-state index >= 15 is 0 Å². The Balaban J connectivity index is 1.26. The van der Waals surface area contributed by atoms with Gasteiger partial charge in [0, 0.05) is 54.4 Å². The molecule has 4 aromatic heterocycles. The molecule has 2 bridgehead atoms. The van der Waals surface area contributed by atoms with E-state index in [9.17, 15) is 4.79 Å². The molecule has 8 rings (SSSR count). The standard InChI is InChI=1S/C27H26N8O2/c1-34-19-11-17(20-16(25(34)36)5-9-29-24(20)37-15-3-4-15)21-22(19)33-35-10-6-18(32-23(21)35)14-12-30-26(31-13-14)27(28)7-2-8-27/h5-6,9-10,12-13,15,17,19H,2-4,7-8,11,28H2,1H3. The molecule has 4 aromatic rings. The van der Waals surface area contributed by atoms with Crippen molar-refractivity contribution in [3.8, 4) is 17.1 Å². The topological polar surface area (TPSA) is 124 Å². The van der Waals surface area contributed by atoms with E-state index in [1.807, 2.05) is 29.9 Å². The minimum absolute atomic E-state index is 0.0247. The summed E-state index contributed by atoms with van der Waals surface area (Å²) in [5, 5.41) is 4.89. The highest BCUT2D eigenvalue weighted by Crippen LogP contribution is 2.53. The van der Waals surface area contributed by atoms with Gasteiger partial charge in [-0.25, -0.2) is 24.5 Å². The van der Waals surface area contributed by atoms with Gasteiger partial charge in [0.1, 0.15) is 11.9 Å². The normalized spacial score (nSPS) is 23.4. The number of hydrogen-bond acceptors (Lipinski definition) is 8. The van der Waals surface area contributed by atoms with Gasteiger partial charge in [-0.05, 0) is 50.7 Å². The van der Waals surface area contributed by atoms with Gasteiger partial charge in [-0.15, -0.1) is 0 Å². The Morgan fingerprint density at radius 3 is 2.65 bits per heavy atom. The first kappa shape index (κ1) is 21.2. The molecule has 1 amide bonds. The average molecular weight is 495 g/mol. The van der Waals surface area contributed by atoms with Crippen molar-refractivity contribution in [1.82, 2.24) is 34.4 Å². The lowest BCUT2D eigenvalue weighted by molar-refractivity contribution is 0.0734. The fourth-order valence-corrected chi connectivity index (χ4v) is 6.01. The minimum Gasteiger partial charge on any atom is -0.474 e. The summed E-state index contributed by atoms with van der Waals surface area (Å²) in [4.78, 5) is 34.0. The number of amides is 1. The molecule has 0 saturated heterocycles. The van der Waals surface area contributed by atoms with E-state index < -0.39 is 5.54 Å². The van der Waals surface area contributed by atoms with E-state index in [0.29, 0.717) is 17.3 Å². The molecule has 1 aliphatic heterocycles. The zero-order valence-corrected chi connectivity index (χ0v) is 20.5. The number of hydrogen-bond donors (Lipinski definition) is 1. The smallest absolute Gasteiger partial charge is 0.254 e. The monoisotopic (exact) mass is 494 g/mol. The van der Waals surface area contributed by atoms with Crippen LogP contribution in [0.5, 0.6) is 5.88 Å². The van der Waals surface area contributed by atoms with Gasteiger partial charge >= 0.3 is 0 Å². The Morgan fingerprint density at radius 1 is 1.11 bits per heavy atom. The summed E-state index contributed by atoms with van der Waals surface area (Å²) in [7, 11) is 1.85. The number of carbonyl (C=O) groups is 1. The van der Waals surface area contributed by atoms with E-state index in [2.05, 4.69) is 15.0 Å². The SMILES string of the molecule is CN1C(=O)c2ccnc(OC3CC3)c2C2CC1c1nn3ccc(-c4cnc(C5(N)CCC5)nc4)nc3c12. The van der Waals surface area contributed by atoms with Crippen LogP contribution >= 0.6 is 0 Å². The highest BCUT2D eigenvalue weighted by molar-refractivity contribution is 5.98. The van der Waals surface area contributed by atoms with Gasteiger partial charge < -0.3 is 15.4 Å². The summed E-state index contributed by atoms with van der Waals surface area (Å²) in [5.74, 6) is 1.15. The molecule has 186 valence electrons. The quantitative estimate of drug-likeness (QED) is 0.459. The van der Waals surface area contributed by atoms with Gasteiger partial charge in [0.2, 0.25) is 5.88 Å². The van der Waals surface area contributed by atoms with Gasteiger partial charge in [0.15, 0.2) is 5.65 Å². The van der Waals surface area contributed by atoms with Crippen LogP contribution in [0.4, 0.5) is 0 Å². The maximum Gasteiger partial charge on any atom is 0.254 e. The maximum atomic E-state index is 13.4. The van der Waals surface area contributed by atoms with E-state index in [0.717, 1.165) is 72.3 Å². The Morgan fingerprint density at radius 2 is 1.92 bits per heavy atom. The number of ether oxygens (including phenoxy) is 1. The van der Waals surface area contributed by atoms with Crippen LogP contribution in [0.3, 0.4) is 0 Å². The van der Waals surface area contributed by atoms with Crippen molar-refractivity contribution >= 4 is 11.6 Å². The Hall–Kier alpha value is -3.92. The van der Waals surface area contributed by atoms with Crippen LogP contribution in [0.15, 0.2) is 36.9 Å². The van der Waals surface area contributed by atoms with Crippen LogP contribution < -0.4 is 10.5 Å². The Kier molecular flexibility index (Phi) is 4.19. The third kappa shape index (κ3) is 3.02. The molecule has 3 aliphatic carbocycles. The lowest BCUT2D eigenvalue weighted by Crippen LogP contribution is -2.44. The predicted molar refractivity (Wildman–Crippen MR) is 133 cm³/mol. The number of nitrogens with zero attached hydrogens (tertiary/aromatic N) is 7. The number of nitrogens with two attached hydrogens (primary N) is 1. The van der Waals surface area contributed by atoms with Crippen molar-refractivity contribution in [1.29, 1.82) is 0 Å². The summed E-state index contributed by atoms with van der Waals surface area (Å²) in [5.41, 5.74) is 11.8. The molecule has 2 unspecified atom stereocenters. The molecule has 2 saturated carbocycles. The van der Waals surface area contributed by atoms with Crippen molar-refractivity contribution < 1.29 is 9.53 Å². The lowest BCUT2D eigenvalue weighted by Gasteiger charge is -2.36. The molecule has 0 radical (unpaired) electrons.